The van der Waals surface area contributed by atoms with Gasteiger partial charge in [0, 0.05) is 16.9 Å². The van der Waals surface area contributed by atoms with Crippen molar-refractivity contribution in [3.05, 3.63) is 70.8 Å². The summed E-state index contributed by atoms with van der Waals surface area (Å²) in [6, 6.07) is 8.89. The lowest BCUT2D eigenvalue weighted by Crippen LogP contribution is -2.28. The van der Waals surface area contributed by atoms with Crippen LogP contribution in [0.15, 0.2) is 48.6 Å². The predicted octanol–water partition coefficient (Wildman–Crippen LogP) is 5.40. The second-order valence-corrected chi connectivity index (χ2v) is 7.95. The van der Waals surface area contributed by atoms with Crippen LogP contribution in [0.4, 0.5) is 37.7 Å². The number of rotatable bonds is 4. The van der Waals surface area contributed by atoms with Gasteiger partial charge in [-0.3, -0.25) is 9.59 Å². The Morgan fingerprint density at radius 2 is 1.32 bits per heavy atom. The lowest BCUT2D eigenvalue weighted by molar-refractivity contribution is -0.138. The van der Waals surface area contributed by atoms with Gasteiger partial charge in [0.1, 0.15) is 0 Å². The van der Waals surface area contributed by atoms with Gasteiger partial charge < -0.3 is 15.4 Å². The smallest absolute Gasteiger partial charge is 0.359 e. The average molecular weight is 524 g/mol. The topological polar surface area (TPSA) is 118 Å². The maximum absolute atomic E-state index is 12.7. The molecule has 7 nitrogen and oxygen atoms in total. The molecule has 2 N–H and O–H groups in total. The molecule has 0 saturated carbocycles. The molecule has 1 fully saturated rings. The normalized spacial score (nSPS) is 16.3. The van der Waals surface area contributed by atoms with Crippen molar-refractivity contribution >= 4 is 23.2 Å². The Kier molecular flexibility index (Phi) is 8.37. The van der Waals surface area contributed by atoms with E-state index in [0.717, 1.165) is 24.3 Å². The Morgan fingerprint density at radius 3 is 1.65 bits per heavy atom. The van der Waals surface area contributed by atoms with Gasteiger partial charge in [0.05, 0.1) is 41.0 Å². The van der Waals surface area contributed by atoms with Crippen LogP contribution < -0.4 is 10.6 Å². The number of nitrogens with one attached hydrogen (secondary N) is 2. The summed E-state index contributed by atoms with van der Waals surface area (Å²) in [5.74, 6) is -1.09. The Labute approximate surface area is 206 Å². The number of amides is 2. The van der Waals surface area contributed by atoms with Crippen LogP contribution >= 0.6 is 0 Å². The standard InChI is InChI=1S/C12H9F3N2O2.C12H9F3N2O/c1-11(6-19-11)10(18)17-8-3-2-7(5-16)9(4-8)12(13,14)15;1-7(2)11(18)17-9-4-3-8(6-16)10(5-9)12(13,14)15/h2-4H,6H2,1H3,(H,17,18);3-5H,1H2,2H3,(H,17,18). The molecule has 194 valence electrons. The number of alkyl halides is 6. The summed E-state index contributed by atoms with van der Waals surface area (Å²) in [6.45, 7) is 6.58. The van der Waals surface area contributed by atoms with E-state index in [9.17, 15) is 35.9 Å². The van der Waals surface area contributed by atoms with Crippen molar-refractivity contribution in [1.29, 1.82) is 10.5 Å². The SMILES string of the molecule is C=C(C)C(=O)Nc1ccc(C#N)c(C(F)(F)F)c1.CC1(C(=O)Nc2ccc(C#N)c(C(F)(F)F)c2)CO1. The van der Waals surface area contributed by atoms with Gasteiger partial charge >= 0.3 is 12.4 Å². The van der Waals surface area contributed by atoms with Crippen LogP contribution in [0.2, 0.25) is 0 Å². The first-order chi connectivity index (χ1) is 17.0. The van der Waals surface area contributed by atoms with Crippen molar-refractivity contribution in [2.45, 2.75) is 31.8 Å². The Hall–Kier alpha value is -4.36. The molecule has 1 atom stereocenters. The van der Waals surface area contributed by atoms with E-state index in [0.29, 0.717) is 0 Å². The Balaban J connectivity index is 0.000000261. The second-order valence-electron chi connectivity index (χ2n) is 7.95. The number of carbonyl (C=O) groups is 2. The van der Waals surface area contributed by atoms with Crippen LogP contribution in [0.25, 0.3) is 0 Å². The van der Waals surface area contributed by atoms with Gasteiger partial charge in [-0.25, -0.2) is 0 Å². The van der Waals surface area contributed by atoms with Crippen LogP contribution in [-0.4, -0.2) is 24.0 Å². The summed E-state index contributed by atoms with van der Waals surface area (Å²) in [5, 5.41) is 21.8. The minimum absolute atomic E-state index is 0.0203. The molecule has 1 heterocycles. The van der Waals surface area contributed by atoms with Crippen LogP contribution in [0.3, 0.4) is 0 Å². The van der Waals surface area contributed by atoms with E-state index >= 15 is 0 Å². The number of benzene rings is 2. The van der Waals surface area contributed by atoms with Crippen molar-refractivity contribution in [2.75, 3.05) is 17.2 Å². The van der Waals surface area contributed by atoms with Crippen LogP contribution in [0.5, 0.6) is 0 Å². The zero-order valence-electron chi connectivity index (χ0n) is 19.3. The van der Waals surface area contributed by atoms with Gasteiger partial charge in [0.15, 0.2) is 5.60 Å². The third-order valence-electron chi connectivity index (χ3n) is 4.85. The fourth-order valence-corrected chi connectivity index (χ4v) is 2.65. The van der Waals surface area contributed by atoms with Gasteiger partial charge in [0.2, 0.25) is 0 Å². The zero-order valence-corrected chi connectivity index (χ0v) is 19.3. The van der Waals surface area contributed by atoms with E-state index in [1.165, 1.54) is 38.1 Å². The molecule has 37 heavy (non-hydrogen) atoms. The van der Waals surface area contributed by atoms with Gasteiger partial charge in [-0.05, 0) is 50.2 Å². The van der Waals surface area contributed by atoms with Crippen LogP contribution in [-0.2, 0) is 26.7 Å². The van der Waals surface area contributed by atoms with Crippen LogP contribution in [0, 0.1) is 22.7 Å². The molecule has 0 bridgehead atoms. The van der Waals surface area contributed by atoms with Crippen molar-refractivity contribution in [2.24, 2.45) is 0 Å². The molecule has 1 unspecified atom stereocenters. The number of halogens is 6. The molecule has 0 spiro atoms. The molecule has 2 amide bonds. The molecule has 2 aromatic carbocycles. The number of epoxide rings is 1. The molecule has 1 aliphatic heterocycles. The molecule has 3 rings (SSSR count). The fraction of sp³-hybridized carbons (Fsp3) is 0.250. The first-order valence-corrected chi connectivity index (χ1v) is 10.2. The summed E-state index contributed by atoms with van der Waals surface area (Å²) in [7, 11) is 0. The molecule has 0 radical (unpaired) electrons. The summed E-state index contributed by atoms with van der Waals surface area (Å²) in [6.07, 6.45) is -9.29. The number of hydrogen-bond acceptors (Lipinski definition) is 5. The molecule has 1 aliphatic rings. The molecule has 0 aromatic heterocycles. The first kappa shape index (κ1) is 28.9. The van der Waals surface area contributed by atoms with E-state index in [-0.39, 0.29) is 23.6 Å². The number of ether oxygens (including phenoxy) is 1. The average Bonchev–Trinajstić information content (AvgIpc) is 3.57. The van der Waals surface area contributed by atoms with Gasteiger partial charge in [0.25, 0.3) is 11.8 Å². The second kappa shape index (κ2) is 10.7. The van der Waals surface area contributed by atoms with E-state index in [1.54, 1.807) is 0 Å². The minimum atomic E-state index is -4.65. The molecular formula is C24H18F6N4O3. The van der Waals surface area contributed by atoms with Gasteiger partial charge in [-0.1, -0.05) is 6.58 Å². The summed E-state index contributed by atoms with van der Waals surface area (Å²) >= 11 is 0. The van der Waals surface area contributed by atoms with Crippen molar-refractivity contribution in [3.63, 3.8) is 0 Å². The highest BCUT2D eigenvalue weighted by atomic mass is 19.4. The third-order valence-corrected chi connectivity index (χ3v) is 4.85. The number of carbonyl (C=O) groups excluding carboxylic acids is 2. The van der Waals surface area contributed by atoms with Crippen molar-refractivity contribution < 1.29 is 40.7 Å². The van der Waals surface area contributed by atoms with E-state index in [2.05, 4.69) is 17.2 Å². The Morgan fingerprint density at radius 1 is 0.919 bits per heavy atom. The molecular weight excluding hydrogens is 506 g/mol. The highest BCUT2D eigenvalue weighted by Crippen LogP contribution is 2.35. The largest absolute Gasteiger partial charge is 0.417 e. The van der Waals surface area contributed by atoms with Crippen LogP contribution in [0.1, 0.15) is 36.1 Å². The van der Waals surface area contributed by atoms with Crippen molar-refractivity contribution in [1.82, 2.24) is 0 Å². The van der Waals surface area contributed by atoms with Crippen molar-refractivity contribution in [3.8, 4) is 12.1 Å². The van der Waals surface area contributed by atoms with E-state index < -0.39 is 52.0 Å². The molecule has 13 heteroatoms. The lowest BCUT2D eigenvalue weighted by Gasteiger charge is -2.12. The number of nitriles is 2. The molecule has 1 saturated heterocycles. The zero-order chi connectivity index (χ0) is 28.2. The summed E-state index contributed by atoms with van der Waals surface area (Å²) in [4.78, 5) is 22.9. The maximum atomic E-state index is 12.7. The highest BCUT2D eigenvalue weighted by molar-refractivity contribution is 6.02. The summed E-state index contributed by atoms with van der Waals surface area (Å²) in [5.41, 5.74) is -3.98. The monoisotopic (exact) mass is 524 g/mol. The number of anilines is 2. The van der Waals surface area contributed by atoms with E-state index in [4.69, 9.17) is 15.3 Å². The highest BCUT2D eigenvalue weighted by Gasteiger charge is 2.47. The number of nitrogens with zero attached hydrogens (tertiary/aromatic N) is 2. The van der Waals surface area contributed by atoms with Gasteiger partial charge in [-0.2, -0.15) is 36.9 Å². The van der Waals surface area contributed by atoms with E-state index in [1.807, 2.05) is 0 Å². The first-order valence-electron chi connectivity index (χ1n) is 10.2. The minimum Gasteiger partial charge on any atom is -0.359 e. The molecule has 2 aromatic rings. The number of hydrogen-bond donors (Lipinski definition) is 2. The third kappa shape index (κ3) is 7.56. The predicted molar refractivity (Wildman–Crippen MR) is 119 cm³/mol. The summed E-state index contributed by atoms with van der Waals surface area (Å²) < 4.78 is 80.9. The Bertz CT molecular complexity index is 1320. The maximum Gasteiger partial charge on any atom is 0.417 e. The van der Waals surface area contributed by atoms with Gasteiger partial charge in [-0.15, -0.1) is 0 Å². The fourth-order valence-electron chi connectivity index (χ4n) is 2.65. The molecule has 0 aliphatic carbocycles. The quantitative estimate of drug-likeness (QED) is 0.316. The lowest BCUT2D eigenvalue weighted by atomic mass is 10.1.